The number of carbonyl (C=O) groups is 1. The topological polar surface area (TPSA) is 84.6 Å². The van der Waals surface area contributed by atoms with Crippen LogP contribution >= 0.6 is 11.8 Å². The first-order chi connectivity index (χ1) is 14.5. The Morgan fingerprint density at radius 2 is 2.07 bits per heavy atom. The van der Waals surface area contributed by atoms with Gasteiger partial charge in [-0.05, 0) is 66.3 Å². The fourth-order valence-corrected chi connectivity index (χ4v) is 4.60. The minimum absolute atomic E-state index is 0.0280. The van der Waals surface area contributed by atoms with E-state index in [1.165, 1.54) is 24.9 Å². The summed E-state index contributed by atoms with van der Waals surface area (Å²) in [5, 5.41) is 29.4. The highest BCUT2D eigenvalue weighted by Gasteiger charge is 2.21. The summed E-state index contributed by atoms with van der Waals surface area (Å²) in [5.74, 6) is 0.0596. The normalized spacial score (nSPS) is 18.3. The van der Waals surface area contributed by atoms with Gasteiger partial charge < -0.3 is 15.1 Å². The van der Waals surface area contributed by atoms with E-state index in [1.807, 2.05) is 24.3 Å². The Hall–Kier alpha value is -2.33. The summed E-state index contributed by atoms with van der Waals surface area (Å²) in [6.07, 6.45) is 5.54. The first kappa shape index (κ1) is 22.4. The molecule has 2 unspecified atom stereocenters. The van der Waals surface area contributed by atoms with Crippen LogP contribution in [-0.4, -0.2) is 46.4 Å². The quantitative estimate of drug-likeness (QED) is 0.514. The number of aliphatic hydroxyl groups excluding tert-OH is 2. The van der Waals surface area contributed by atoms with Gasteiger partial charge in [-0.25, -0.2) is 0 Å². The minimum atomic E-state index is -0.971. The average Bonchev–Trinajstić information content (AvgIpc) is 2.80. The van der Waals surface area contributed by atoms with E-state index in [1.54, 1.807) is 6.08 Å². The highest BCUT2D eigenvalue weighted by Crippen LogP contribution is 2.30. The lowest BCUT2D eigenvalue weighted by Gasteiger charge is -2.37. The van der Waals surface area contributed by atoms with Crippen LogP contribution in [0.15, 0.2) is 42.0 Å². The number of thioether (sulfide) groups is 1. The molecule has 0 aromatic heterocycles. The second-order valence-electron chi connectivity index (χ2n) is 7.65. The number of nitriles is 1. The van der Waals surface area contributed by atoms with Crippen molar-refractivity contribution in [2.75, 3.05) is 23.8 Å². The highest BCUT2D eigenvalue weighted by molar-refractivity contribution is 8.14. The van der Waals surface area contributed by atoms with Gasteiger partial charge in [0.25, 0.3) is 0 Å². The van der Waals surface area contributed by atoms with E-state index in [-0.39, 0.29) is 11.3 Å². The zero-order valence-corrected chi connectivity index (χ0v) is 18.1. The summed E-state index contributed by atoms with van der Waals surface area (Å²) in [7, 11) is 0. The summed E-state index contributed by atoms with van der Waals surface area (Å²) < 4.78 is 0. The number of rotatable bonds is 7. The third-order valence-electron chi connectivity index (χ3n) is 5.55. The molecule has 1 heterocycles. The Morgan fingerprint density at radius 3 is 2.80 bits per heavy atom. The van der Waals surface area contributed by atoms with Crippen LogP contribution in [0.25, 0.3) is 16.8 Å². The van der Waals surface area contributed by atoms with Crippen LogP contribution < -0.4 is 4.90 Å². The van der Waals surface area contributed by atoms with E-state index in [0.717, 1.165) is 41.1 Å². The Labute approximate surface area is 182 Å². The van der Waals surface area contributed by atoms with Crippen molar-refractivity contribution >= 4 is 39.4 Å². The van der Waals surface area contributed by atoms with Crippen molar-refractivity contribution < 1.29 is 15.0 Å². The van der Waals surface area contributed by atoms with E-state index in [2.05, 4.69) is 30.0 Å². The Morgan fingerprint density at radius 1 is 1.30 bits per heavy atom. The fourth-order valence-electron chi connectivity index (χ4n) is 3.89. The predicted octanol–water partition coefficient (Wildman–Crippen LogP) is 4.13. The summed E-state index contributed by atoms with van der Waals surface area (Å²) in [6, 6.07) is 14.9. The number of carbonyl (C=O) groups excluding carboxylic acids is 1. The standard InChI is InChI=1S/C24H28N2O3S/c1-2-21-5-3-4-10-26(21)22-9-8-18-11-17(6-7-19(18)13-22)12-20(14-25)24(29)30-16-23(28)15-27/h6-9,11-13,21,23,27-28H,2-5,10,15-16H2,1H3/b20-12+. The monoisotopic (exact) mass is 424 g/mol. The molecule has 1 aliphatic rings. The molecule has 2 N–H and O–H groups in total. The Bertz CT molecular complexity index is 967. The molecule has 0 amide bonds. The third-order valence-corrected chi connectivity index (χ3v) is 6.58. The van der Waals surface area contributed by atoms with E-state index in [4.69, 9.17) is 5.11 Å². The molecule has 2 aromatic carbocycles. The van der Waals surface area contributed by atoms with Gasteiger partial charge in [-0.1, -0.05) is 36.9 Å². The molecule has 1 fully saturated rings. The van der Waals surface area contributed by atoms with E-state index < -0.39 is 17.8 Å². The third kappa shape index (κ3) is 5.42. The van der Waals surface area contributed by atoms with Gasteiger partial charge >= 0.3 is 0 Å². The molecule has 0 radical (unpaired) electrons. The van der Waals surface area contributed by atoms with Crippen LogP contribution in [0.4, 0.5) is 5.69 Å². The van der Waals surface area contributed by atoms with Crippen molar-refractivity contribution in [1.82, 2.24) is 0 Å². The van der Waals surface area contributed by atoms with Crippen molar-refractivity contribution in [3.05, 3.63) is 47.5 Å². The SMILES string of the molecule is CCC1CCCCN1c1ccc2cc(/C=C(\C#N)C(=O)SCC(O)CO)ccc2c1. The number of aliphatic hydroxyl groups is 2. The lowest BCUT2D eigenvalue weighted by Crippen LogP contribution is -2.39. The van der Waals surface area contributed by atoms with E-state index >= 15 is 0 Å². The summed E-state index contributed by atoms with van der Waals surface area (Å²) >= 11 is 0.839. The van der Waals surface area contributed by atoms with Crippen LogP contribution in [-0.2, 0) is 4.79 Å². The Kier molecular flexibility index (Phi) is 7.92. The zero-order valence-electron chi connectivity index (χ0n) is 17.3. The largest absolute Gasteiger partial charge is 0.394 e. The molecule has 1 saturated heterocycles. The van der Waals surface area contributed by atoms with Gasteiger partial charge in [0.15, 0.2) is 0 Å². The van der Waals surface area contributed by atoms with Gasteiger partial charge in [-0.3, -0.25) is 4.79 Å². The molecular formula is C24H28N2O3S. The van der Waals surface area contributed by atoms with Crippen molar-refractivity contribution in [3.8, 4) is 6.07 Å². The van der Waals surface area contributed by atoms with Crippen molar-refractivity contribution in [2.45, 2.75) is 44.8 Å². The highest BCUT2D eigenvalue weighted by atomic mass is 32.2. The number of nitrogens with zero attached hydrogens (tertiary/aromatic N) is 2. The van der Waals surface area contributed by atoms with Crippen LogP contribution in [0.1, 0.15) is 38.2 Å². The van der Waals surface area contributed by atoms with E-state index in [0.29, 0.717) is 6.04 Å². The second kappa shape index (κ2) is 10.6. The lowest BCUT2D eigenvalue weighted by molar-refractivity contribution is -0.107. The first-order valence-corrected chi connectivity index (χ1v) is 11.4. The number of fused-ring (bicyclic) bond motifs is 1. The number of hydrogen-bond donors (Lipinski definition) is 2. The van der Waals surface area contributed by atoms with Crippen LogP contribution in [0.3, 0.4) is 0 Å². The van der Waals surface area contributed by atoms with Crippen LogP contribution in [0.5, 0.6) is 0 Å². The number of benzene rings is 2. The molecule has 0 saturated carbocycles. The van der Waals surface area contributed by atoms with E-state index in [9.17, 15) is 15.2 Å². The maximum atomic E-state index is 12.2. The van der Waals surface area contributed by atoms with Crippen LogP contribution in [0, 0.1) is 11.3 Å². The van der Waals surface area contributed by atoms with Crippen molar-refractivity contribution in [3.63, 3.8) is 0 Å². The van der Waals surface area contributed by atoms with Crippen molar-refractivity contribution in [2.24, 2.45) is 0 Å². The molecule has 0 spiro atoms. The molecule has 0 aliphatic carbocycles. The molecule has 30 heavy (non-hydrogen) atoms. The average molecular weight is 425 g/mol. The molecule has 2 atom stereocenters. The van der Waals surface area contributed by atoms with Crippen molar-refractivity contribution in [1.29, 1.82) is 5.26 Å². The predicted molar refractivity (Wildman–Crippen MR) is 123 cm³/mol. The number of hydrogen-bond acceptors (Lipinski definition) is 6. The van der Waals surface area contributed by atoms with Gasteiger partial charge in [-0.15, -0.1) is 0 Å². The van der Waals surface area contributed by atoms with Gasteiger partial charge in [-0.2, -0.15) is 5.26 Å². The molecule has 6 heteroatoms. The second-order valence-corrected chi connectivity index (χ2v) is 8.64. The maximum absolute atomic E-state index is 12.2. The minimum Gasteiger partial charge on any atom is -0.394 e. The molecule has 1 aliphatic heterocycles. The number of piperidine rings is 1. The maximum Gasteiger partial charge on any atom is 0.230 e. The molecule has 3 rings (SSSR count). The van der Waals surface area contributed by atoms with Gasteiger partial charge in [0.2, 0.25) is 5.12 Å². The zero-order chi connectivity index (χ0) is 21.5. The molecule has 5 nitrogen and oxygen atoms in total. The molecule has 158 valence electrons. The summed E-state index contributed by atoms with van der Waals surface area (Å²) in [4.78, 5) is 14.7. The lowest BCUT2D eigenvalue weighted by atomic mass is 9.98. The summed E-state index contributed by atoms with van der Waals surface area (Å²) in [6.45, 7) is 2.94. The van der Waals surface area contributed by atoms with Crippen LogP contribution in [0.2, 0.25) is 0 Å². The first-order valence-electron chi connectivity index (χ1n) is 10.4. The number of anilines is 1. The molecule has 2 aromatic rings. The van der Waals surface area contributed by atoms with Gasteiger partial charge in [0.1, 0.15) is 11.6 Å². The van der Waals surface area contributed by atoms with Gasteiger partial charge in [0.05, 0.1) is 12.7 Å². The smallest absolute Gasteiger partial charge is 0.230 e. The molecule has 0 bridgehead atoms. The molecular weight excluding hydrogens is 396 g/mol. The Balaban J connectivity index is 1.80. The summed E-state index contributed by atoms with van der Waals surface area (Å²) in [5.41, 5.74) is 2.07. The van der Waals surface area contributed by atoms with Gasteiger partial charge in [0, 0.05) is 24.0 Å². The fraction of sp³-hybridized carbons (Fsp3) is 0.417.